The second-order valence-electron chi connectivity index (χ2n) is 5.87. The summed E-state index contributed by atoms with van der Waals surface area (Å²) in [4.78, 5) is 13.9. The molecule has 22 heavy (non-hydrogen) atoms. The zero-order valence-corrected chi connectivity index (χ0v) is 12.9. The minimum Gasteiger partial charge on any atom is -0.322 e. The predicted octanol–water partition coefficient (Wildman–Crippen LogP) is 5.00. The fourth-order valence-electron chi connectivity index (χ4n) is 2.86. The van der Waals surface area contributed by atoms with Crippen molar-refractivity contribution in [1.82, 2.24) is 4.98 Å². The lowest BCUT2D eigenvalue weighted by Crippen LogP contribution is -2.14. The van der Waals surface area contributed by atoms with Crippen LogP contribution in [0.4, 0.5) is 13.2 Å². The summed E-state index contributed by atoms with van der Waals surface area (Å²) in [5.41, 5.74) is 1.37. The van der Waals surface area contributed by atoms with Gasteiger partial charge in [-0.2, -0.15) is 13.2 Å². The van der Waals surface area contributed by atoms with Gasteiger partial charge >= 0.3 is 6.18 Å². The molecule has 118 valence electrons. The van der Waals surface area contributed by atoms with Crippen molar-refractivity contribution >= 4 is 16.5 Å². The van der Waals surface area contributed by atoms with Crippen molar-refractivity contribution in [3.8, 4) is 0 Å². The van der Waals surface area contributed by atoms with E-state index >= 15 is 0 Å². The van der Waals surface area contributed by atoms with Crippen molar-refractivity contribution in [2.45, 2.75) is 33.9 Å². The van der Waals surface area contributed by atoms with Gasteiger partial charge in [0, 0.05) is 17.0 Å². The Kier molecular flexibility index (Phi) is 4.18. The van der Waals surface area contributed by atoms with E-state index in [4.69, 9.17) is 0 Å². The SMILES string of the molecule is CC(C)=C(c1ccc2[nH]c(=O)cc(C(F)(F)F)c2c1)C(C)C. The van der Waals surface area contributed by atoms with Crippen molar-refractivity contribution in [2.75, 3.05) is 0 Å². The van der Waals surface area contributed by atoms with Gasteiger partial charge in [-0.15, -0.1) is 0 Å². The summed E-state index contributed by atoms with van der Waals surface area (Å²) < 4.78 is 39.5. The number of nitrogens with one attached hydrogen (secondary N) is 1. The highest BCUT2D eigenvalue weighted by Gasteiger charge is 2.33. The molecular formula is C17H18F3NO. The first-order valence-electron chi connectivity index (χ1n) is 7.03. The van der Waals surface area contributed by atoms with Gasteiger partial charge in [0.25, 0.3) is 0 Å². The van der Waals surface area contributed by atoms with Crippen LogP contribution < -0.4 is 5.56 Å². The van der Waals surface area contributed by atoms with Gasteiger partial charge in [-0.25, -0.2) is 0 Å². The lowest BCUT2D eigenvalue weighted by Gasteiger charge is -2.16. The second kappa shape index (κ2) is 5.63. The topological polar surface area (TPSA) is 32.9 Å². The van der Waals surface area contributed by atoms with Gasteiger partial charge in [0.2, 0.25) is 5.56 Å². The number of rotatable bonds is 2. The third kappa shape index (κ3) is 3.08. The van der Waals surface area contributed by atoms with Crippen LogP contribution in [-0.4, -0.2) is 4.98 Å². The highest BCUT2D eigenvalue weighted by molar-refractivity contribution is 5.87. The lowest BCUT2D eigenvalue weighted by atomic mass is 9.90. The Morgan fingerprint density at radius 3 is 2.27 bits per heavy atom. The Labute approximate surface area is 126 Å². The van der Waals surface area contributed by atoms with Crippen LogP contribution in [0.25, 0.3) is 16.5 Å². The summed E-state index contributed by atoms with van der Waals surface area (Å²) in [7, 11) is 0. The molecule has 5 heteroatoms. The highest BCUT2D eigenvalue weighted by atomic mass is 19.4. The van der Waals surface area contributed by atoms with Gasteiger partial charge in [0.15, 0.2) is 0 Å². The standard InChI is InChI=1S/C17H18F3NO/c1-9(2)16(10(3)4)11-5-6-14-12(7-11)13(17(18,19)20)8-15(22)21-14/h5-9H,1-4H3,(H,21,22). The molecule has 0 saturated heterocycles. The number of alkyl halides is 3. The van der Waals surface area contributed by atoms with Crippen LogP contribution in [0.2, 0.25) is 0 Å². The Morgan fingerprint density at radius 1 is 1.14 bits per heavy atom. The second-order valence-corrected chi connectivity index (χ2v) is 5.87. The molecule has 2 aromatic rings. The molecule has 1 aromatic carbocycles. The van der Waals surface area contributed by atoms with Gasteiger partial charge < -0.3 is 4.98 Å². The predicted molar refractivity (Wildman–Crippen MR) is 82.7 cm³/mol. The van der Waals surface area contributed by atoms with Gasteiger partial charge in [-0.1, -0.05) is 25.5 Å². The maximum atomic E-state index is 13.2. The van der Waals surface area contributed by atoms with Crippen molar-refractivity contribution in [2.24, 2.45) is 5.92 Å². The number of allylic oxidation sites excluding steroid dienone is 2. The van der Waals surface area contributed by atoms with Crippen LogP contribution in [0, 0.1) is 5.92 Å². The number of aromatic nitrogens is 1. The largest absolute Gasteiger partial charge is 0.417 e. The fourth-order valence-corrected chi connectivity index (χ4v) is 2.86. The molecule has 0 aliphatic rings. The molecule has 0 fully saturated rings. The molecule has 0 amide bonds. The van der Waals surface area contributed by atoms with Crippen LogP contribution in [-0.2, 0) is 6.18 Å². The average molecular weight is 309 g/mol. The van der Waals surface area contributed by atoms with Crippen molar-refractivity contribution < 1.29 is 13.2 Å². The number of hydrogen-bond donors (Lipinski definition) is 1. The fraction of sp³-hybridized carbons (Fsp3) is 0.353. The molecule has 0 aliphatic carbocycles. The molecule has 1 N–H and O–H groups in total. The number of H-pyrrole nitrogens is 1. The normalized spacial score (nSPS) is 12.0. The molecule has 0 spiro atoms. The lowest BCUT2D eigenvalue weighted by molar-refractivity contribution is -0.136. The number of pyridine rings is 1. The molecule has 0 bridgehead atoms. The first kappa shape index (κ1) is 16.3. The molecule has 0 aliphatic heterocycles. The number of halogens is 3. The third-order valence-corrected chi connectivity index (χ3v) is 3.58. The quantitative estimate of drug-likeness (QED) is 0.832. The number of benzene rings is 1. The Morgan fingerprint density at radius 2 is 1.77 bits per heavy atom. The van der Waals surface area contributed by atoms with Crippen LogP contribution in [0.15, 0.2) is 34.6 Å². The van der Waals surface area contributed by atoms with Crippen LogP contribution in [0.3, 0.4) is 0 Å². The molecule has 0 atom stereocenters. The van der Waals surface area contributed by atoms with Crippen LogP contribution in [0.5, 0.6) is 0 Å². The summed E-state index contributed by atoms with van der Waals surface area (Å²) in [5, 5.41) is 0.0176. The van der Waals surface area contributed by atoms with Crippen LogP contribution in [0.1, 0.15) is 38.8 Å². The van der Waals surface area contributed by atoms with Gasteiger partial charge in [0.1, 0.15) is 0 Å². The van der Waals surface area contributed by atoms with E-state index in [0.717, 1.165) is 16.7 Å². The zero-order chi connectivity index (χ0) is 16.7. The van der Waals surface area contributed by atoms with E-state index in [0.29, 0.717) is 6.07 Å². The molecule has 1 heterocycles. The highest BCUT2D eigenvalue weighted by Crippen LogP contribution is 2.35. The van der Waals surface area contributed by atoms with E-state index < -0.39 is 17.3 Å². The van der Waals surface area contributed by atoms with E-state index in [1.165, 1.54) is 12.1 Å². The average Bonchev–Trinajstić information content (AvgIpc) is 2.36. The van der Waals surface area contributed by atoms with E-state index in [9.17, 15) is 18.0 Å². The summed E-state index contributed by atoms with van der Waals surface area (Å²) in [6, 6.07) is 5.41. The minimum atomic E-state index is -4.56. The molecule has 0 unspecified atom stereocenters. The number of hydrogen-bond acceptors (Lipinski definition) is 1. The first-order valence-corrected chi connectivity index (χ1v) is 7.03. The Hall–Kier alpha value is -2.04. The molecule has 1 aromatic heterocycles. The summed E-state index contributed by atoms with van der Waals surface area (Å²) in [5.74, 6) is 0.194. The minimum absolute atomic E-state index is 0.0176. The van der Waals surface area contributed by atoms with Gasteiger partial charge in [-0.05, 0) is 43.0 Å². The maximum Gasteiger partial charge on any atom is 0.417 e. The molecular weight excluding hydrogens is 291 g/mol. The van der Waals surface area contributed by atoms with E-state index in [1.807, 2.05) is 27.7 Å². The number of fused-ring (bicyclic) bond motifs is 1. The molecule has 2 rings (SSSR count). The van der Waals surface area contributed by atoms with E-state index in [-0.39, 0.29) is 16.8 Å². The number of aromatic amines is 1. The zero-order valence-electron chi connectivity index (χ0n) is 12.9. The Balaban J connectivity index is 2.82. The summed E-state index contributed by atoms with van der Waals surface area (Å²) in [6.45, 7) is 7.89. The van der Waals surface area contributed by atoms with Gasteiger partial charge in [-0.3, -0.25) is 4.79 Å². The molecule has 2 nitrogen and oxygen atoms in total. The first-order chi connectivity index (χ1) is 10.1. The Bertz CT molecular complexity index is 794. The third-order valence-electron chi connectivity index (χ3n) is 3.58. The monoisotopic (exact) mass is 309 g/mol. The van der Waals surface area contributed by atoms with Crippen LogP contribution >= 0.6 is 0 Å². The smallest absolute Gasteiger partial charge is 0.322 e. The summed E-state index contributed by atoms with van der Waals surface area (Å²) in [6.07, 6.45) is -4.56. The van der Waals surface area contributed by atoms with Crippen molar-refractivity contribution in [1.29, 1.82) is 0 Å². The van der Waals surface area contributed by atoms with Gasteiger partial charge in [0.05, 0.1) is 5.56 Å². The van der Waals surface area contributed by atoms with E-state index in [2.05, 4.69) is 4.98 Å². The van der Waals surface area contributed by atoms with Crippen molar-refractivity contribution in [3.63, 3.8) is 0 Å². The molecule has 0 radical (unpaired) electrons. The molecule has 0 saturated carbocycles. The summed E-state index contributed by atoms with van der Waals surface area (Å²) >= 11 is 0. The van der Waals surface area contributed by atoms with Crippen molar-refractivity contribution in [3.05, 3.63) is 51.3 Å². The van der Waals surface area contributed by atoms with E-state index in [1.54, 1.807) is 6.07 Å². The maximum absolute atomic E-state index is 13.2.